The molecule has 0 aromatic carbocycles. The highest BCUT2D eigenvalue weighted by Crippen LogP contribution is 2.41. The van der Waals surface area contributed by atoms with Crippen LogP contribution in [0.5, 0.6) is 0 Å². The standard InChI is InChI=1S/C15H20ClN3/c16-14-6-11(7-17-12-2-3-12)8-18-15(14)19-9-10-1-4-13(19)5-10/h6,8,10,12-13,17H,1-5,7,9H2. The smallest absolute Gasteiger partial charge is 0.147 e. The van der Waals surface area contributed by atoms with Crippen molar-refractivity contribution in [3.8, 4) is 0 Å². The van der Waals surface area contributed by atoms with Gasteiger partial charge < -0.3 is 10.2 Å². The summed E-state index contributed by atoms with van der Waals surface area (Å²) in [5.41, 5.74) is 1.20. The summed E-state index contributed by atoms with van der Waals surface area (Å²) in [6, 6.07) is 3.50. The Hall–Kier alpha value is -0.800. The maximum absolute atomic E-state index is 6.45. The van der Waals surface area contributed by atoms with Gasteiger partial charge in [0.25, 0.3) is 0 Å². The molecule has 2 atom stereocenters. The molecule has 2 aliphatic carbocycles. The minimum atomic E-state index is 0.686. The number of piperidine rings is 1. The monoisotopic (exact) mass is 277 g/mol. The van der Waals surface area contributed by atoms with Crippen molar-refractivity contribution in [1.82, 2.24) is 10.3 Å². The molecule has 2 heterocycles. The van der Waals surface area contributed by atoms with E-state index in [1.54, 1.807) is 0 Å². The molecule has 1 aliphatic heterocycles. The van der Waals surface area contributed by atoms with Gasteiger partial charge in [-0.3, -0.25) is 0 Å². The fourth-order valence-electron chi connectivity index (χ4n) is 3.51. The van der Waals surface area contributed by atoms with Crippen molar-refractivity contribution < 1.29 is 0 Å². The molecule has 2 bridgehead atoms. The number of hydrogen-bond acceptors (Lipinski definition) is 3. The predicted octanol–water partition coefficient (Wildman–Crippen LogP) is 2.98. The second-order valence-corrected chi connectivity index (χ2v) is 6.70. The van der Waals surface area contributed by atoms with Gasteiger partial charge in [-0.1, -0.05) is 11.6 Å². The number of rotatable bonds is 4. The first-order chi connectivity index (χ1) is 9.29. The molecule has 0 radical (unpaired) electrons. The molecule has 19 heavy (non-hydrogen) atoms. The van der Waals surface area contributed by atoms with Crippen molar-refractivity contribution in [2.24, 2.45) is 5.92 Å². The van der Waals surface area contributed by atoms with E-state index in [0.29, 0.717) is 6.04 Å². The Bertz CT molecular complexity index is 486. The van der Waals surface area contributed by atoms with Crippen molar-refractivity contribution in [3.05, 3.63) is 22.8 Å². The third kappa shape index (κ3) is 2.34. The number of aromatic nitrogens is 1. The maximum Gasteiger partial charge on any atom is 0.147 e. The average molecular weight is 278 g/mol. The Morgan fingerprint density at radius 2 is 2.21 bits per heavy atom. The van der Waals surface area contributed by atoms with E-state index in [-0.39, 0.29) is 0 Å². The van der Waals surface area contributed by atoms with Gasteiger partial charge in [-0.05, 0) is 49.7 Å². The zero-order valence-electron chi connectivity index (χ0n) is 11.1. The Kier molecular flexibility index (Phi) is 2.92. The SMILES string of the molecule is Clc1cc(CNC2CC2)cnc1N1CC2CCC1C2. The number of nitrogens with zero attached hydrogens (tertiary/aromatic N) is 2. The molecule has 3 nitrogen and oxygen atoms in total. The van der Waals surface area contributed by atoms with E-state index in [2.05, 4.69) is 21.3 Å². The van der Waals surface area contributed by atoms with Crippen LogP contribution < -0.4 is 10.2 Å². The lowest BCUT2D eigenvalue weighted by atomic mass is 10.1. The zero-order chi connectivity index (χ0) is 12.8. The summed E-state index contributed by atoms with van der Waals surface area (Å²) in [4.78, 5) is 7.06. The molecule has 3 fully saturated rings. The van der Waals surface area contributed by atoms with Crippen LogP contribution in [0.1, 0.15) is 37.7 Å². The lowest BCUT2D eigenvalue weighted by Crippen LogP contribution is -2.32. The Morgan fingerprint density at radius 1 is 1.32 bits per heavy atom. The van der Waals surface area contributed by atoms with E-state index in [9.17, 15) is 0 Å². The molecule has 2 unspecified atom stereocenters. The average Bonchev–Trinajstić information content (AvgIpc) is 3.01. The topological polar surface area (TPSA) is 28.2 Å². The van der Waals surface area contributed by atoms with Crippen LogP contribution in [0.25, 0.3) is 0 Å². The first kappa shape index (κ1) is 12.0. The van der Waals surface area contributed by atoms with E-state index >= 15 is 0 Å². The van der Waals surface area contributed by atoms with Crippen LogP contribution >= 0.6 is 11.6 Å². The van der Waals surface area contributed by atoms with E-state index in [0.717, 1.165) is 35.9 Å². The predicted molar refractivity (Wildman–Crippen MR) is 77.6 cm³/mol. The van der Waals surface area contributed by atoms with E-state index < -0.39 is 0 Å². The molecule has 102 valence electrons. The third-order valence-electron chi connectivity index (χ3n) is 4.73. The van der Waals surface area contributed by atoms with Gasteiger partial charge in [0, 0.05) is 31.4 Å². The highest BCUT2D eigenvalue weighted by molar-refractivity contribution is 6.33. The van der Waals surface area contributed by atoms with Gasteiger partial charge in [0.15, 0.2) is 0 Å². The summed E-state index contributed by atoms with van der Waals surface area (Å²) in [7, 11) is 0. The summed E-state index contributed by atoms with van der Waals surface area (Å²) < 4.78 is 0. The van der Waals surface area contributed by atoms with E-state index in [1.165, 1.54) is 37.7 Å². The summed E-state index contributed by atoms with van der Waals surface area (Å²) >= 11 is 6.45. The molecule has 1 aromatic rings. The molecule has 4 rings (SSSR count). The maximum atomic E-state index is 6.45. The summed E-state index contributed by atoms with van der Waals surface area (Å²) in [6.45, 7) is 2.04. The molecule has 2 saturated carbocycles. The van der Waals surface area contributed by atoms with Gasteiger partial charge in [-0.2, -0.15) is 0 Å². The zero-order valence-corrected chi connectivity index (χ0v) is 11.9. The number of pyridine rings is 1. The van der Waals surface area contributed by atoms with Crippen LogP contribution in [-0.4, -0.2) is 23.6 Å². The van der Waals surface area contributed by atoms with Crippen molar-refractivity contribution in [2.45, 2.75) is 50.7 Å². The summed E-state index contributed by atoms with van der Waals surface area (Å²) in [5.74, 6) is 1.88. The number of hydrogen-bond donors (Lipinski definition) is 1. The van der Waals surface area contributed by atoms with Gasteiger partial charge in [0.05, 0.1) is 5.02 Å². The van der Waals surface area contributed by atoms with Crippen molar-refractivity contribution in [1.29, 1.82) is 0 Å². The van der Waals surface area contributed by atoms with Gasteiger partial charge in [0.2, 0.25) is 0 Å². The molecular formula is C15H20ClN3. The first-order valence-electron chi connectivity index (χ1n) is 7.44. The quantitative estimate of drug-likeness (QED) is 0.917. The Balaban J connectivity index is 1.49. The molecule has 1 N–H and O–H groups in total. The van der Waals surface area contributed by atoms with Crippen LogP contribution in [0, 0.1) is 5.92 Å². The largest absolute Gasteiger partial charge is 0.352 e. The van der Waals surface area contributed by atoms with Crippen LogP contribution in [0.3, 0.4) is 0 Å². The van der Waals surface area contributed by atoms with E-state index in [1.807, 2.05) is 6.20 Å². The van der Waals surface area contributed by atoms with Crippen LogP contribution in [-0.2, 0) is 6.54 Å². The van der Waals surface area contributed by atoms with Crippen LogP contribution in [0.4, 0.5) is 5.82 Å². The minimum Gasteiger partial charge on any atom is -0.352 e. The highest BCUT2D eigenvalue weighted by Gasteiger charge is 2.39. The molecule has 4 heteroatoms. The fourth-order valence-corrected chi connectivity index (χ4v) is 3.81. The molecule has 1 saturated heterocycles. The normalized spacial score (nSPS) is 29.2. The number of halogens is 1. The minimum absolute atomic E-state index is 0.686. The van der Waals surface area contributed by atoms with E-state index in [4.69, 9.17) is 11.6 Å². The number of nitrogens with one attached hydrogen (secondary N) is 1. The lowest BCUT2D eigenvalue weighted by Gasteiger charge is -2.28. The molecule has 0 amide bonds. The highest BCUT2D eigenvalue weighted by atomic mass is 35.5. The fraction of sp³-hybridized carbons (Fsp3) is 0.667. The van der Waals surface area contributed by atoms with Gasteiger partial charge in [-0.25, -0.2) is 4.98 Å². The molecule has 1 aromatic heterocycles. The Morgan fingerprint density at radius 3 is 2.84 bits per heavy atom. The van der Waals surface area contributed by atoms with Crippen molar-refractivity contribution in [3.63, 3.8) is 0 Å². The van der Waals surface area contributed by atoms with Gasteiger partial charge >= 0.3 is 0 Å². The Labute approximate surface area is 119 Å². The lowest BCUT2D eigenvalue weighted by molar-refractivity contribution is 0.550. The second-order valence-electron chi connectivity index (χ2n) is 6.29. The number of fused-ring (bicyclic) bond motifs is 2. The second kappa shape index (κ2) is 4.64. The third-order valence-corrected chi connectivity index (χ3v) is 5.01. The number of anilines is 1. The van der Waals surface area contributed by atoms with Crippen LogP contribution in [0.15, 0.2) is 12.3 Å². The molecular weight excluding hydrogens is 258 g/mol. The molecule has 0 spiro atoms. The first-order valence-corrected chi connectivity index (χ1v) is 7.82. The van der Waals surface area contributed by atoms with Gasteiger partial charge in [-0.15, -0.1) is 0 Å². The summed E-state index contributed by atoms with van der Waals surface area (Å²) in [6.07, 6.45) is 8.66. The van der Waals surface area contributed by atoms with Crippen LogP contribution in [0.2, 0.25) is 5.02 Å². The van der Waals surface area contributed by atoms with Crippen molar-refractivity contribution in [2.75, 3.05) is 11.4 Å². The van der Waals surface area contributed by atoms with Gasteiger partial charge in [0.1, 0.15) is 5.82 Å². The molecule has 3 aliphatic rings. The summed E-state index contributed by atoms with van der Waals surface area (Å²) in [5, 5.41) is 4.33. The van der Waals surface area contributed by atoms with Crippen molar-refractivity contribution >= 4 is 17.4 Å².